The SMILES string of the molecule is CCNc1ncnc2c1cnn2-c1cc(C)ccn1. The average Bonchev–Trinajstić information content (AvgIpc) is 2.84. The Kier molecular flexibility index (Phi) is 2.83. The standard InChI is InChI=1S/C13H14N6/c1-3-14-12-10-7-18-19(13(10)17-8-16-12)11-6-9(2)4-5-15-11/h4-8H,3H2,1-2H3,(H,14,16,17). The highest BCUT2D eigenvalue weighted by molar-refractivity contribution is 5.86. The van der Waals surface area contributed by atoms with E-state index >= 15 is 0 Å². The number of hydrogen-bond acceptors (Lipinski definition) is 5. The molecule has 0 aromatic carbocycles. The number of hydrogen-bond donors (Lipinski definition) is 1. The van der Waals surface area contributed by atoms with Crippen molar-refractivity contribution in [2.45, 2.75) is 13.8 Å². The van der Waals surface area contributed by atoms with Crippen LogP contribution < -0.4 is 5.32 Å². The van der Waals surface area contributed by atoms with Gasteiger partial charge in [0.2, 0.25) is 0 Å². The first-order valence-electron chi connectivity index (χ1n) is 6.15. The Morgan fingerprint density at radius 1 is 1.26 bits per heavy atom. The molecule has 1 N–H and O–H groups in total. The van der Waals surface area contributed by atoms with Crippen LogP contribution in [-0.4, -0.2) is 31.3 Å². The lowest BCUT2D eigenvalue weighted by atomic mass is 10.3. The second-order valence-electron chi connectivity index (χ2n) is 4.24. The van der Waals surface area contributed by atoms with Crippen LogP contribution in [0.25, 0.3) is 16.9 Å². The zero-order valence-electron chi connectivity index (χ0n) is 10.8. The van der Waals surface area contributed by atoms with Gasteiger partial charge in [-0.15, -0.1) is 0 Å². The highest BCUT2D eigenvalue weighted by Gasteiger charge is 2.11. The lowest BCUT2D eigenvalue weighted by molar-refractivity contribution is 0.859. The van der Waals surface area contributed by atoms with Gasteiger partial charge in [0.05, 0.1) is 11.6 Å². The summed E-state index contributed by atoms with van der Waals surface area (Å²) in [5, 5.41) is 8.46. The van der Waals surface area contributed by atoms with Gasteiger partial charge in [-0.3, -0.25) is 0 Å². The highest BCUT2D eigenvalue weighted by atomic mass is 15.3. The third kappa shape index (κ3) is 2.01. The minimum absolute atomic E-state index is 0.754. The Labute approximate surface area is 110 Å². The first-order valence-corrected chi connectivity index (χ1v) is 6.15. The van der Waals surface area contributed by atoms with E-state index < -0.39 is 0 Å². The monoisotopic (exact) mass is 254 g/mol. The molecule has 0 amide bonds. The summed E-state index contributed by atoms with van der Waals surface area (Å²) in [5.41, 5.74) is 1.89. The molecule has 0 atom stereocenters. The van der Waals surface area contributed by atoms with Crippen LogP contribution in [-0.2, 0) is 0 Å². The van der Waals surface area contributed by atoms with Gasteiger partial charge in [0.15, 0.2) is 11.5 Å². The van der Waals surface area contributed by atoms with Crippen LogP contribution in [0.4, 0.5) is 5.82 Å². The van der Waals surface area contributed by atoms with E-state index in [-0.39, 0.29) is 0 Å². The summed E-state index contributed by atoms with van der Waals surface area (Å²) in [6, 6.07) is 3.93. The van der Waals surface area contributed by atoms with Gasteiger partial charge in [-0.2, -0.15) is 9.78 Å². The van der Waals surface area contributed by atoms with E-state index in [0.717, 1.165) is 34.8 Å². The molecule has 3 rings (SSSR count). The van der Waals surface area contributed by atoms with Crippen molar-refractivity contribution >= 4 is 16.9 Å². The predicted octanol–water partition coefficient (Wildman–Crippen LogP) is 1.95. The molecule has 96 valence electrons. The van der Waals surface area contributed by atoms with Crippen molar-refractivity contribution in [3.8, 4) is 5.82 Å². The molecule has 0 radical (unpaired) electrons. The molecule has 3 aromatic rings. The zero-order chi connectivity index (χ0) is 13.2. The van der Waals surface area contributed by atoms with Crippen molar-refractivity contribution in [3.63, 3.8) is 0 Å². The van der Waals surface area contributed by atoms with Gasteiger partial charge in [-0.1, -0.05) is 0 Å². The van der Waals surface area contributed by atoms with Gasteiger partial charge in [-0.25, -0.2) is 15.0 Å². The molecule has 0 saturated carbocycles. The molecular weight excluding hydrogens is 240 g/mol. The van der Waals surface area contributed by atoms with E-state index in [1.165, 1.54) is 6.33 Å². The Morgan fingerprint density at radius 3 is 2.95 bits per heavy atom. The molecular formula is C13H14N6. The first kappa shape index (κ1) is 11.6. The van der Waals surface area contributed by atoms with E-state index in [2.05, 4.69) is 25.4 Å². The molecule has 0 spiro atoms. The Bertz CT molecular complexity index is 718. The van der Waals surface area contributed by atoms with E-state index in [4.69, 9.17) is 0 Å². The number of fused-ring (bicyclic) bond motifs is 1. The average molecular weight is 254 g/mol. The zero-order valence-corrected chi connectivity index (χ0v) is 10.8. The molecule has 3 aromatic heterocycles. The van der Waals surface area contributed by atoms with Gasteiger partial charge in [0, 0.05) is 12.7 Å². The van der Waals surface area contributed by atoms with Crippen molar-refractivity contribution in [2.24, 2.45) is 0 Å². The van der Waals surface area contributed by atoms with Crippen LogP contribution in [0.15, 0.2) is 30.9 Å². The second-order valence-corrected chi connectivity index (χ2v) is 4.24. The van der Waals surface area contributed by atoms with Gasteiger partial charge < -0.3 is 5.32 Å². The molecule has 6 nitrogen and oxygen atoms in total. The van der Waals surface area contributed by atoms with Gasteiger partial charge in [0.25, 0.3) is 0 Å². The van der Waals surface area contributed by atoms with Gasteiger partial charge in [-0.05, 0) is 31.5 Å². The van der Waals surface area contributed by atoms with E-state index in [1.54, 1.807) is 17.1 Å². The third-order valence-corrected chi connectivity index (χ3v) is 2.83. The summed E-state index contributed by atoms with van der Waals surface area (Å²) in [4.78, 5) is 12.9. The van der Waals surface area contributed by atoms with Crippen molar-refractivity contribution in [2.75, 3.05) is 11.9 Å². The number of anilines is 1. The third-order valence-electron chi connectivity index (χ3n) is 2.83. The van der Waals surface area contributed by atoms with Crippen molar-refractivity contribution in [1.82, 2.24) is 24.7 Å². The van der Waals surface area contributed by atoms with E-state index in [9.17, 15) is 0 Å². The summed E-state index contributed by atoms with van der Waals surface area (Å²) in [5.74, 6) is 1.56. The molecule has 0 aliphatic carbocycles. The summed E-state index contributed by atoms with van der Waals surface area (Å²) in [6.07, 6.45) is 5.07. The molecule has 0 fully saturated rings. The topological polar surface area (TPSA) is 68.5 Å². The molecule has 0 bridgehead atoms. The Morgan fingerprint density at radius 2 is 2.16 bits per heavy atom. The van der Waals surface area contributed by atoms with Crippen LogP contribution in [0, 0.1) is 6.92 Å². The maximum absolute atomic E-state index is 4.36. The lowest BCUT2D eigenvalue weighted by Gasteiger charge is -2.04. The van der Waals surface area contributed by atoms with E-state index in [1.807, 2.05) is 26.0 Å². The fraction of sp³-hybridized carbons (Fsp3) is 0.231. The number of nitrogens with zero attached hydrogens (tertiary/aromatic N) is 5. The summed E-state index contributed by atoms with van der Waals surface area (Å²) < 4.78 is 1.73. The maximum Gasteiger partial charge on any atom is 0.170 e. The van der Waals surface area contributed by atoms with Crippen LogP contribution in [0.1, 0.15) is 12.5 Å². The smallest absolute Gasteiger partial charge is 0.170 e. The minimum Gasteiger partial charge on any atom is -0.370 e. The molecule has 6 heteroatoms. The van der Waals surface area contributed by atoms with Crippen molar-refractivity contribution in [3.05, 3.63) is 36.4 Å². The maximum atomic E-state index is 4.36. The summed E-state index contributed by atoms with van der Waals surface area (Å²) in [6.45, 7) is 4.86. The van der Waals surface area contributed by atoms with Crippen LogP contribution in [0.3, 0.4) is 0 Å². The highest BCUT2D eigenvalue weighted by Crippen LogP contribution is 2.20. The molecule has 0 aliphatic rings. The molecule has 0 saturated heterocycles. The predicted molar refractivity (Wildman–Crippen MR) is 73.4 cm³/mol. The quantitative estimate of drug-likeness (QED) is 0.773. The Balaban J connectivity index is 2.18. The molecule has 0 aliphatic heterocycles. The lowest BCUT2D eigenvalue weighted by Crippen LogP contribution is -2.03. The number of pyridine rings is 1. The number of nitrogens with one attached hydrogen (secondary N) is 1. The fourth-order valence-corrected chi connectivity index (χ4v) is 1.96. The number of aryl methyl sites for hydroxylation is 1. The van der Waals surface area contributed by atoms with Gasteiger partial charge in [0.1, 0.15) is 12.1 Å². The molecule has 19 heavy (non-hydrogen) atoms. The van der Waals surface area contributed by atoms with Gasteiger partial charge >= 0.3 is 0 Å². The normalized spacial score (nSPS) is 10.8. The van der Waals surface area contributed by atoms with Crippen LogP contribution in [0.5, 0.6) is 0 Å². The van der Waals surface area contributed by atoms with Crippen LogP contribution >= 0.6 is 0 Å². The fourth-order valence-electron chi connectivity index (χ4n) is 1.96. The molecule has 0 unspecified atom stereocenters. The van der Waals surface area contributed by atoms with Crippen LogP contribution in [0.2, 0.25) is 0 Å². The Hall–Kier alpha value is -2.50. The minimum atomic E-state index is 0.754. The summed E-state index contributed by atoms with van der Waals surface area (Å²) in [7, 11) is 0. The number of aromatic nitrogens is 5. The summed E-state index contributed by atoms with van der Waals surface area (Å²) >= 11 is 0. The number of rotatable bonds is 3. The van der Waals surface area contributed by atoms with Crippen molar-refractivity contribution in [1.29, 1.82) is 0 Å². The largest absolute Gasteiger partial charge is 0.370 e. The van der Waals surface area contributed by atoms with E-state index in [0.29, 0.717) is 0 Å². The first-order chi connectivity index (χ1) is 9.29. The van der Waals surface area contributed by atoms with Crippen molar-refractivity contribution < 1.29 is 0 Å². The molecule has 3 heterocycles. The second kappa shape index (κ2) is 4.64.